The van der Waals surface area contributed by atoms with Crippen LogP contribution in [0.25, 0.3) is 0 Å². The Bertz CT molecular complexity index is 463. The summed E-state index contributed by atoms with van der Waals surface area (Å²) in [5.74, 6) is 0.278. The smallest absolute Gasteiger partial charge is 0.226 e. The maximum atomic E-state index is 12.2. The van der Waals surface area contributed by atoms with Crippen LogP contribution in [0.15, 0.2) is 24.3 Å². The van der Waals surface area contributed by atoms with Crippen molar-refractivity contribution in [2.75, 3.05) is 44.2 Å². The molecule has 0 bridgehead atoms. The Labute approximate surface area is 120 Å². The highest BCUT2D eigenvalue weighted by Gasteiger charge is 2.18. The minimum atomic E-state index is 0.278. The summed E-state index contributed by atoms with van der Waals surface area (Å²) in [7, 11) is 0. The lowest BCUT2D eigenvalue weighted by molar-refractivity contribution is -0.129. The zero-order valence-electron chi connectivity index (χ0n) is 12.0. The van der Waals surface area contributed by atoms with Gasteiger partial charge in [0.1, 0.15) is 0 Å². The number of anilines is 1. The summed E-state index contributed by atoms with van der Waals surface area (Å²) >= 11 is 0. The van der Waals surface area contributed by atoms with Gasteiger partial charge in [-0.05, 0) is 30.5 Å². The molecule has 1 amide bonds. The van der Waals surface area contributed by atoms with E-state index in [2.05, 4.69) is 34.5 Å². The van der Waals surface area contributed by atoms with E-state index in [0.717, 1.165) is 57.7 Å². The molecule has 108 valence electrons. The van der Waals surface area contributed by atoms with Crippen molar-refractivity contribution in [3.63, 3.8) is 0 Å². The SMILES string of the molecule is O=C(Cc1cccc(N2CCNCC2)c1)N1CCCC1. The van der Waals surface area contributed by atoms with Crippen molar-refractivity contribution in [1.29, 1.82) is 0 Å². The van der Waals surface area contributed by atoms with Gasteiger partial charge in [0, 0.05) is 45.0 Å². The van der Waals surface area contributed by atoms with Gasteiger partial charge in [0.15, 0.2) is 0 Å². The van der Waals surface area contributed by atoms with Crippen LogP contribution in [0.5, 0.6) is 0 Å². The zero-order chi connectivity index (χ0) is 13.8. The molecule has 0 unspecified atom stereocenters. The molecule has 2 aliphatic rings. The molecule has 0 spiro atoms. The fourth-order valence-corrected chi connectivity index (χ4v) is 3.04. The fraction of sp³-hybridized carbons (Fsp3) is 0.562. The van der Waals surface area contributed by atoms with E-state index in [1.54, 1.807) is 0 Å². The van der Waals surface area contributed by atoms with Gasteiger partial charge in [0.05, 0.1) is 6.42 Å². The number of rotatable bonds is 3. The highest BCUT2D eigenvalue weighted by atomic mass is 16.2. The number of benzene rings is 1. The molecule has 4 heteroatoms. The number of hydrogen-bond donors (Lipinski definition) is 1. The van der Waals surface area contributed by atoms with Gasteiger partial charge < -0.3 is 15.1 Å². The monoisotopic (exact) mass is 273 g/mol. The molecule has 0 radical (unpaired) electrons. The summed E-state index contributed by atoms with van der Waals surface area (Å²) < 4.78 is 0. The predicted octanol–water partition coefficient (Wildman–Crippen LogP) is 1.26. The van der Waals surface area contributed by atoms with Gasteiger partial charge in [-0.2, -0.15) is 0 Å². The number of amides is 1. The summed E-state index contributed by atoms with van der Waals surface area (Å²) in [5, 5.41) is 3.37. The first-order valence-corrected chi connectivity index (χ1v) is 7.65. The quantitative estimate of drug-likeness (QED) is 0.900. The van der Waals surface area contributed by atoms with Gasteiger partial charge in [-0.25, -0.2) is 0 Å². The minimum Gasteiger partial charge on any atom is -0.369 e. The molecular formula is C16H23N3O. The second-order valence-corrected chi connectivity index (χ2v) is 5.67. The average Bonchev–Trinajstić information content (AvgIpc) is 3.03. The highest BCUT2D eigenvalue weighted by molar-refractivity contribution is 5.79. The molecule has 2 fully saturated rings. The number of likely N-dealkylation sites (tertiary alicyclic amines) is 1. The summed E-state index contributed by atoms with van der Waals surface area (Å²) in [4.78, 5) is 16.6. The topological polar surface area (TPSA) is 35.6 Å². The number of hydrogen-bond acceptors (Lipinski definition) is 3. The zero-order valence-corrected chi connectivity index (χ0v) is 12.0. The van der Waals surface area contributed by atoms with Crippen LogP contribution in [0.4, 0.5) is 5.69 Å². The van der Waals surface area contributed by atoms with E-state index in [9.17, 15) is 4.79 Å². The molecule has 2 aliphatic heterocycles. The van der Waals surface area contributed by atoms with E-state index < -0.39 is 0 Å². The first-order chi connectivity index (χ1) is 9.83. The molecular weight excluding hydrogens is 250 g/mol. The van der Waals surface area contributed by atoms with Crippen molar-refractivity contribution in [3.8, 4) is 0 Å². The van der Waals surface area contributed by atoms with Gasteiger partial charge in [-0.1, -0.05) is 12.1 Å². The summed E-state index contributed by atoms with van der Waals surface area (Å²) in [5.41, 5.74) is 2.39. The molecule has 20 heavy (non-hydrogen) atoms. The van der Waals surface area contributed by atoms with Gasteiger partial charge in [0.25, 0.3) is 0 Å². The van der Waals surface area contributed by atoms with Gasteiger partial charge >= 0.3 is 0 Å². The maximum Gasteiger partial charge on any atom is 0.226 e. The number of carbonyl (C=O) groups is 1. The minimum absolute atomic E-state index is 0.278. The Morgan fingerprint density at radius 2 is 1.85 bits per heavy atom. The van der Waals surface area contributed by atoms with Crippen LogP contribution in [0.3, 0.4) is 0 Å². The van der Waals surface area contributed by atoms with Crippen molar-refractivity contribution >= 4 is 11.6 Å². The molecule has 1 N–H and O–H groups in total. The van der Waals surface area contributed by atoms with Gasteiger partial charge in [-0.3, -0.25) is 4.79 Å². The molecule has 0 aliphatic carbocycles. The lowest BCUT2D eigenvalue weighted by atomic mass is 10.1. The maximum absolute atomic E-state index is 12.2. The van der Waals surface area contributed by atoms with E-state index in [1.165, 1.54) is 5.69 Å². The van der Waals surface area contributed by atoms with Gasteiger partial charge in [0.2, 0.25) is 5.91 Å². The molecule has 1 aromatic rings. The fourth-order valence-electron chi connectivity index (χ4n) is 3.04. The molecule has 0 saturated carbocycles. The Hall–Kier alpha value is -1.55. The Kier molecular flexibility index (Phi) is 4.21. The summed E-state index contributed by atoms with van der Waals surface area (Å²) in [6.45, 7) is 6.05. The Balaban J connectivity index is 1.65. The number of nitrogens with zero attached hydrogens (tertiary/aromatic N) is 2. The highest BCUT2D eigenvalue weighted by Crippen LogP contribution is 2.18. The molecule has 1 aromatic carbocycles. The van der Waals surface area contributed by atoms with Crippen LogP contribution in [-0.4, -0.2) is 50.1 Å². The third-order valence-electron chi connectivity index (χ3n) is 4.21. The summed E-state index contributed by atoms with van der Waals surface area (Å²) in [6, 6.07) is 8.47. The summed E-state index contributed by atoms with van der Waals surface area (Å²) in [6.07, 6.45) is 2.86. The van der Waals surface area contributed by atoms with Crippen molar-refractivity contribution in [2.45, 2.75) is 19.3 Å². The number of piperazine rings is 1. The molecule has 4 nitrogen and oxygen atoms in total. The molecule has 2 heterocycles. The lowest BCUT2D eigenvalue weighted by Gasteiger charge is -2.29. The standard InChI is InChI=1S/C16H23N3O/c20-16(19-8-1-2-9-19)13-14-4-3-5-15(12-14)18-10-6-17-7-11-18/h3-5,12,17H,1-2,6-11,13H2. The van der Waals surface area contributed by atoms with Crippen LogP contribution in [0, 0.1) is 0 Å². The van der Waals surface area contributed by atoms with Crippen molar-refractivity contribution < 1.29 is 4.79 Å². The van der Waals surface area contributed by atoms with E-state index in [0.29, 0.717) is 6.42 Å². The third-order valence-corrected chi connectivity index (χ3v) is 4.21. The number of carbonyl (C=O) groups excluding carboxylic acids is 1. The van der Waals surface area contributed by atoms with Crippen LogP contribution in [0.2, 0.25) is 0 Å². The Morgan fingerprint density at radius 1 is 1.10 bits per heavy atom. The van der Waals surface area contributed by atoms with E-state index in [-0.39, 0.29) is 5.91 Å². The van der Waals surface area contributed by atoms with Crippen molar-refractivity contribution in [1.82, 2.24) is 10.2 Å². The van der Waals surface area contributed by atoms with Crippen LogP contribution in [0.1, 0.15) is 18.4 Å². The first kappa shape index (κ1) is 13.4. The third kappa shape index (κ3) is 3.12. The number of nitrogens with one attached hydrogen (secondary N) is 1. The van der Waals surface area contributed by atoms with Crippen LogP contribution in [-0.2, 0) is 11.2 Å². The van der Waals surface area contributed by atoms with Crippen LogP contribution < -0.4 is 10.2 Å². The molecule has 3 rings (SSSR count). The van der Waals surface area contributed by atoms with Crippen molar-refractivity contribution in [3.05, 3.63) is 29.8 Å². The van der Waals surface area contributed by atoms with Gasteiger partial charge in [-0.15, -0.1) is 0 Å². The second-order valence-electron chi connectivity index (χ2n) is 5.67. The molecule has 0 atom stereocenters. The van der Waals surface area contributed by atoms with Crippen LogP contribution >= 0.6 is 0 Å². The first-order valence-electron chi connectivity index (χ1n) is 7.65. The van der Waals surface area contributed by atoms with Crippen molar-refractivity contribution in [2.24, 2.45) is 0 Å². The predicted molar refractivity (Wildman–Crippen MR) is 81.0 cm³/mol. The second kappa shape index (κ2) is 6.27. The normalized spacial score (nSPS) is 19.4. The van der Waals surface area contributed by atoms with E-state index in [1.807, 2.05) is 4.90 Å². The average molecular weight is 273 g/mol. The molecule has 2 saturated heterocycles. The Morgan fingerprint density at radius 3 is 2.60 bits per heavy atom. The van der Waals surface area contributed by atoms with E-state index in [4.69, 9.17) is 0 Å². The molecule has 0 aromatic heterocycles. The largest absolute Gasteiger partial charge is 0.369 e. The van der Waals surface area contributed by atoms with E-state index >= 15 is 0 Å². The lowest BCUT2D eigenvalue weighted by Crippen LogP contribution is -2.43.